The summed E-state index contributed by atoms with van der Waals surface area (Å²) in [5.41, 5.74) is 4.88. The van der Waals surface area contributed by atoms with Crippen molar-refractivity contribution in [3.63, 3.8) is 0 Å². The number of anilines is 1. The highest BCUT2D eigenvalue weighted by atomic mass is 16.6. The number of carbonyl (C=O) groups excluding carboxylic acids is 1. The molecule has 0 aliphatic carbocycles. The van der Waals surface area contributed by atoms with Gasteiger partial charge in [0.2, 0.25) is 0 Å². The van der Waals surface area contributed by atoms with E-state index in [0.717, 1.165) is 40.1 Å². The molecule has 0 unspecified atom stereocenters. The Morgan fingerprint density at radius 1 is 0.944 bits per heavy atom. The first-order valence-corrected chi connectivity index (χ1v) is 11.9. The number of aromatic amines is 1. The van der Waals surface area contributed by atoms with Gasteiger partial charge in [0.1, 0.15) is 24.7 Å². The van der Waals surface area contributed by atoms with Crippen molar-refractivity contribution in [1.29, 1.82) is 0 Å². The third-order valence-corrected chi connectivity index (χ3v) is 6.82. The number of benzene rings is 3. The van der Waals surface area contributed by atoms with Gasteiger partial charge in [-0.25, -0.2) is 4.79 Å². The van der Waals surface area contributed by atoms with E-state index in [2.05, 4.69) is 16.4 Å². The Morgan fingerprint density at radius 3 is 2.47 bits per heavy atom. The van der Waals surface area contributed by atoms with Gasteiger partial charge in [-0.1, -0.05) is 12.1 Å². The van der Waals surface area contributed by atoms with Crippen LogP contribution in [0.2, 0.25) is 0 Å². The van der Waals surface area contributed by atoms with Crippen LogP contribution >= 0.6 is 0 Å². The Balaban J connectivity index is 1.38. The Morgan fingerprint density at radius 2 is 1.69 bits per heavy atom. The maximum absolute atomic E-state index is 13.7. The van der Waals surface area contributed by atoms with Gasteiger partial charge >= 0.3 is 6.03 Å². The van der Waals surface area contributed by atoms with Crippen LogP contribution in [0.3, 0.4) is 0 Å². The summed E-state index contributed by atoms with van der Waals surface area (Å²) >= 11 is 0. The lowest BCUT2D eigenvalue weighted by Crippen LogP contribution is -2.43. The van der Waals surface area contributed by atoms with Crippen molar-refractivity contribution in [1.82, 2.24) is 9.88 Å². The van der Waals surface area contributed by atoms with Gasteiger partial charge in [0, 0.05) is 34.9 Å². The number of carbonyl (C=O) groups is 1. The lowest BCUT2D eigenvalue weighted by molar-refractivity contribution is 0.171. The molecule has 0 bridgehead atoms. The number of rotatable bonds is 4. The molecule has 2 amide bonds. The zero-order chi connectivity index (χ0) is 24.6. The van der Waals surface area contributed by atoms with Gasteiger partial charge < -0.3 is 34.1 Å². The maximum atomic E-state index is 13.7. The molecule has 8 heteroatoms. The minimum atomic E-state index is -0.296. The highest BCUT2D eigenvalue weighted by Gasteiger charge is 2.35. The fraction of sp³-hybridized carbons (Fsp3) is 0.250. The molecule has 184 valence electrons. The fourth-order valence-corrected chi connectivity index (χ4v) is 5.06. The summed E-state index contributed by atoms with van der Waals surface area (Å²) in [6.45, 7) is 1.57. The van der Waals surface area contributed by atoms with Gasteiger partial charge in [0.05, 0.1) is 20.3 Å². The molecule has 1 aromatic heterocycles. The zero-order valence-electron chi connectivity index (χ0n) is 20.2. The number of H-pyrrole nitrogens is 1. The van der Waals surface area contributed by atoms with Crippen molar-refractivity contribution in [2.75, 3.05) is 39.3 Å². The van der Waals surface area contributed by atoms with Crippen LogP contribution in [-0.2, 0) is 6.42 Å². The van der Waals surface area contributed by atoms with E-state index in [1.807, 2.05) is 53.4 Å². The monoisotopic (exact) mass is 485 g/mol. The number of methoxy groups -OCH3 is 2. The number of nitrogens with one attached hydrogen (secondary N) is 2. The first-order valence-electron chi connectivity index (χ1n) is 11.9. The van der Waals surface area contributed by atoms with E-state index in [1.54, 1.807) is 20.3 Å². The molecule has 0 spiro atoms. The largest absolute Gasteiger partial charge is 0.497 e. The second-order valence-corrected chi connectivity index (χ2v) is 8.84. The van der Waals surface area contributed by atoms with Crippen LogP contribution in [0, 0.1) is 0 Å². The van der Waals surface area contributed by atoms with E-state index in [-0.39, 0.29) is 12.1 Å². The Bertz CT molecular complexity index is 1430. The number of aromatic nitrogens is 1. The quantitative estimate of drug-likeness (QED) is 0.418. The standard InChI is InChI=1S/C28H27N3O5/c1-33-19-6-3-17(4-7-19)27-26-21(22-16-20(34-2)8-9-23(22)30-26)11-12-31(27)28(32)29-18-5-10-24-25(15-18)36-14-13-35-24/h3-10,15-16,27,30H,11-14H2,1-2H3,(H,29,32)/t27-/m1/s1. The SMILES string of the molecule is COc1ccc([C@@H]2c3[nH]c4ccc(OC)cc4c3CCN2C(=O)Nc2ccc3c(c2)OCCO3)cc1. The van der Waals surface area contributed by atoms with E-state index < -0.39 is 0 Å². The summed E-state index contributed by atoms with van der Waals surface area (Å²) < 4.78 is 22.1. The molecule has 0 saturated carbocycles. The van der Waals surface area contributed by atoms with E-state index in [9.17, 15) is 4.79 Å². The first-order chi connectivity index (χ1) is 17.6. The Hall–Kier alpha value is -4.33. The third-order valence-electron chi connectivity index (χ3n) is 6.82. The average Bonchev–Trinajstić information content (AvgIpc) is 3.30. The third kappa shape index (κ3) is 3.84. The molecule has 0 radical (unpaired) electrons. The van der Waals surface area contributed by atoms with Crippen LogP contribution < -0.4 is 24.3 Å². The van der Waals surface area contributed by atoms with Crippen molar-refractivity contribution < 1.29 is 23.7 Å². The molecule has 36 heavy (non-hydrogen) atoms. The Labute approximate surface area is 208 Å². The highest BCUT2D eigenvalue weighted by Crippen LogP contribution is 2.40. The number of amides is 2. The molecular weight excluding hydrogens is 458 g/mol. The summed E-state index contributed by atoms with van der Waals surface area (Å²) in [6, 6.07) is 18.9. The van der Waals surface area contributed by atoms with E-state index in [4.69, 9.17) is 18.9 Å². The van der Waals surface area contributed by atoms with E-state index in [1.165, 1.54) is 5.56 Å². The summed E-state index contributed by atoms with van der Waals surface area (Å²) in [5.74, 6) is 2.90. The second kappa shape index (κ2) is 9.03. The van der Waals surface area contributed by atoms with Crippen LogP contribution in [0.15, 0.2) is 60.7 Å². The van der Waals surface area contributed by atoms with Crippen LogP contribution in [0.5, 0.6) is 23.0 Å². The topological polar surface area (TPSA) is 85.1 Å². The van der Waals surface area contributed by atoms with Crippen molar-refractivity contribution in [2.45, 2.75) is 12.5 Å². The maximum Gasteiger partial charge on any atom is 0.322 e. The lowest BCUT2D eigenvalue weighted by Gasteiger charge is -2.36. The van der Waals surface area contributed by atoms with Crippen molar-refractivity contribution in [3.8, 4) is 23.0 Å². The molecule has 8 nitrogen and oxygen atoms in total. The van der Waals surface area contributed by atoms with Gasteiger partial charge in [-0.3, -0.25) is 0 Å². The van der Waals surface area contributed by atoms with Crippen molar-refractivity contribution in [3.05, 3.63) is 77.5 Å². The molecule has 2 aliphatic rings. The second-order valence-electron chi connectivity index (χ2n) is 8.84. The van der Waals surface area contributed by atoms with Crippen LogP contribution in [0.4, 0.5) is 10.5 Å². The van der Waals surface area contributed by atoms with Gasteiger partial charge in [-0.2, -0.15) is 0 Å². The van der Waals surface area contributed by atoms with E-state index in [0.29, 0.717) is 36.9 Å². The number of nitrogens with zero attached hydrogens (tertiary/aromatic N) is 1. The Kier molecular flexibility index (Phi) is 5.56. The molecule has 3 aromatic carbocycles. The fourth-order valence-electron chi connectivity index (χ4n) is 5.06. The number of urea groups is 1. The van der Waals surface area contributed by atoms with Crippen molar-refractivity contribution >= 4 is 22.6 Å². The summed E-state index contributed by atoms with van der Waals surface area (Å²) in [4.78, 5) is 19.1. The molecule has 2 N–H and O–H groups in total. The van der Waals surface area contributed by atoms with Gasteiger partial charge in [-0.15, -0.1) is 0 Å². The average molecular weight is 486 g/mol. The molecule has 6 rings (SSSR count). The smallest absolute Gasteiger partial charge is 0.322 e. The molecular formula is C28H27N3O5. The van der Waals surface area contributed by atoms with E-state index >= 15 is 0 Å². The molecule has 0 fully saturated rings. The molecule has 2 aliphatic heterocycles. The molecule has 3 heterocycles. The normalized spacial score (nSPS) is 16.4. The minimum absolute atomic E-state index is 0.186. The predicted octanol–water partition coefficient (Wildman–Crippen LogP) is 5.14. The van der Waals surface area contributed by atoms with Crippen molar-refractivity contribution in [2.24, 2.45) is 0 Å². The van der Waals surface area contributed by atoms with Gasteiger partial charge in [-0.05, 0) is 60.0 Å². The highest BCUT2D eigenvalue weighted by molar-refractivity contribution is 5.92. The number of hydrogen-bond acceptors (Lipinski definition) is 5. The summed E-state index contributed by atoms with van der Waals surface area (Å²) in [7, 11) is 3.32. The molecule has 0 saturated heterocycles. The van der Waals surface area contributed by atoms with Gasteiger partial charge in [0.25, 0.3) is 0 Å². The molecule has 1 atom stereocenters. The van der Waals surface area contributed by atoms with Gasteiger partial charge in [0.15, 0.2) is 11.5 Å². The molecule has 4 aromatic rings. The first kappa shape index (κ1) is 22.2. The van der Waals surface area contributed by atoms with Crippen LogP contribution in [0.25, 0.3) is 10.9 Å². The predicted molar refractivity (Wildman–Crippen MR) is 137 cm³/mol. The number of hydrogen-bond donors (Lipinski definition) is 2. The zero-order valence-corrected chi connectivity index (χ0v) is 20.2. The summed E-state index contributed by atoms with van der Waals surface area (Å²) in [5, 5.41) is 4.18. The number of fused-ring (bicyclic) bond motifs is 4. The van der Waals surface area contributed by atoms with Crippen LogP contribution in [0.1, 0.15) is 22.9 Å². The summed E-state index contributed by atoms with van der Waals surface area (Å²) in [6.07, 6.45) is 0.726. The lowest BCUT2D eigenvalue weighted by atomic mass is 9.92. The minimum Gasteiger partial charge on any atom is -0.497 e. The number of ether oxygens (including phenoxy) is 4. The van der Waals surface area contributed by atoms with Crippen LogP contribution in [-0.4, -0.2) is 49.9 Å².